The predicted octanol–water partition coefficient (Wildman–Crippen LogP) is 0.188. The molecule has 1 aromatic rings. The Balaban J connectivity index is 2.06. The van der Waals surface area contributed by atoms with Gasteiger partial charge in [-0.1, -0.05) is 0 Å². The maximum atomic E-state index is 12.6. The number of hydrogen-bond acceptors (Lipinski definition) is 6. The minimum Gasteiger partial charge on any atom is -0.333 e. The van der Waals surface area contributed by atoms with Crippen molar-refractivity contribution in [3.8, 4) is 0 Å². The van der Waals surface area contributed by atoms with E-state index in [4.69, 9.17) is 5.73 Å². The summed E-state index contributed by atoms with van der Waals surface area (Å²) >= 11 is 1.44. The molecule has 9 heteroatoms. The summed E-state index contributed by atoms with van der Waals surface area (Å²) in [7, 11) is -3.26. The first-order valence-electron chi connectivity index (χ1n) is 7.31. The van der Waals surface area contributed by atoms with E-state index in [-0.39, 0.29) is 18.5 Å². The molecule has 1 fully saturated rings. The van der Waals surface area contributed by atoms with Crippen molar-refractivity contribution in [3.05, 3.63) is 16.1 Å². The van der Waals surface area contributed by atoms with E-state index in [0.29, 0.717) is 25.2 Å². The highest BCUT2D eigenvalue weighted by molar-refractivity contribution is 7.88. The smallest absolute Gasteiger partial charge is 0.273 e. The molecule has 1 amide bonds. The van der Waals surface area contributed by atoms with Crippen molar-refractivity contribution in [2.75, 3.05) is 25.9 Å². The van der Waals surface area contributed by atoms with E-state index in [1.54, 1.807) is 10.3 Å². The highest BCUT2D eigenvalue weighted by Crippen LogP contribution is 2.20. The van der Waals surface area contributed by atoms with Gasteiger partial charge in [-0.3, -0.25) is 4.79 Å². The summed E-state index contributed by atoms with van der Waals surface area (Å²) in [6.45, 7) is 1.40. The van der Waals surface area contributed by atoms with Crippen LogP contribution in [0.25, 0.3) is 0 Å². The lowest BCUT2D eigenvalue weighted by Gasteiger charge is -2.35. The summed E-state index contributed by atoms with van der Waals surface area (Å²) in [4.78, 5) is 18.7. The largest absolute Gasteiger partial charge is 0.333 e. The molecule has 22 heavy (non-hydrogen) atoms. The second-order valence-corrected chi connectivity index (χ2v) is 8.21. The van der Waals surface area contributed by atoms with Gasteiger partial charge in [-0.25, -0.2) is 18.1 Å². The molecular weight excluding hydrogens is 324 g/mol. The number of nitrogens with zero attached hydrogens (tertiary/aromatic N) is 2. The zero-order valence-corrected chi connectivity index (χ0v) is 14.3. The third-order valence-electron chi connectivity index (χ3n) is 3.60. The van der Waals surface area contributed by atoms with E-state index in [1.807, 2.05) is 0 Å². The molecule has 1 aliphatic rings. The SMILES string of the molecule is CS(=O)(=O)NCC1CCCCN1C(=O)c1csc(CCN)n1. The minimum absolute atomic E-state index is 0.115. The Bertz CT molecular complexity index is 615. The number of amides is 1. The lowest BCUT2D eigenvalue weighted by molar-refractivity contribution is 0.0613. The summed E-state index contributed by atoms with van der Waals surface area (Å²) in [6.07, 6.45) is 4.52. The molecule has 0 saturated carbocycles. The monoisotopic (exact) mass is 346 g/mol. The standard InChI is InChI=1S/C13H22N4O3S2/c1-22(19,20)15-8-10-4-2-3-7-17(10)13(18)11-9-21-12(16-11)5-6-14/h9-10,15H,2-8,14H2,1H3. The van der Waals surface area contributed by atoms with Gasteiger partial charge in [-0.05, 0) is 25.8 Å². The van der Waals surface area contributed by atoms with Gasteiger partial charge in [0.2, 0.25) is 10.0 Å². The van der Waals surface area contributed by atoms with E-state index in [1.165, 1.54) is 11.3 Å². The van der Waals surface area contributed by atoms with E-state index in [2.05, 4.69) is 9.71 Å². The first kappa shape index (κ1) is 17.3. The lowest BCUT2D eigenvalue weighted by Crippen LogP contribution is -2.49. The second-order valence-electron chi connectivity index (χ2n) is 5.43. The third kappa shape index (κ3) is 4.73. The van der Waals surface area contributed by atoms with Gasteiger partial charge in [-0.15, -0.1) is 11.3 Å². The molecule has 0 bridgehead atoms. The van der Waals surface area contributed by atoms with Crippen LogP contribution in [0.3, 0.4) is 0 Å². The second kappa shape index (κ2) is 7.49. The molecule has 2 heterocycles. The average Bonchev–Trinajstić information content (AvgIpc) is 2.93. The summed E-state index contributed by atoms with van der Waals surface area (Å²) in [5.41, 5.74) is 5.93. The Morgan fingerprint density at radius 2 is 2.32 bits per heavy atom. The molecule has 2 rings (SSSR count). The van der Waals surface area contributed by atoms with Crippen LogP contribution in [0.15, 0.2) is 5.38 Å². The van der Waals surface area contributed by atoms with E-state index in [9.17, 15) is 13.2 Å². The molecule has 0 spiro atoms. The average molecular weight is 346 g/mol. The Hall–Kier alpha value is -1.03. The number of piperidine rings is 1. The van der Waals surface area contributed by atoms with Crippen LogP contribution in [-0.2, 0) is 16.4 Å². The topological polar surface area (TPSA) is 105 Å². The number of nitrogens with one attached hydrogen (secondary N) is 1. The lowest BCUT2D eigenvalue weighted by atomic mass is 10.0. The third-order valence-corrected chi connectivity index (χ3v) is 5.20. The first-order chi connectivity index (χ1) is 10.4. The van der Waals surface area contributed by atoms with Gasteiger partial charge in [0.15, 0.2) is 0 Å². The van der Waals surface area contributed by atoms with Crippen LogP contribution in [0, 0.1) is 0 Å². The van der Waals surface area contributed by atoms with Gasteiger partial charge in [0.1, 0.15) is 5.69 Å². The number of sulfonamides is 1. The van der Waals surface area contributed by atoms with Crippen LogP contribution in [-0.4, -0.2) is 56.1 Å². The minimum atomic E-state index is -3.26. The number of hydrogen-bond donors (Lipinski definition) is 2. The Kier molecular flexibility index (Phi) is 5.90. The maximum absolute atomic E-state index is 12.6. The van der Waals surface area contributed by atoms with Gasteiger partial charge in [-0.2, -0.15) is 0 Å². The zero-order valence-electron chi connectivity index (χ0n) is 12.6. The summed E-state index contributed by atoms with van der Waals surface area (Å²) in [6, 6.07) is -0.115. The molecular formula is C13H22N4O3S2. The number of nitrogens with two attached hydrogens (primary N) is 1. The number of thiazole rings is 1. The van der Waals surface area contributed by atoms with Gasteiger partial charge < -0.3 is 10.6 Å². The summed E-state index contributed by atoms with van der Waals surface area (Å²) < 4.78 is 25.0. The van der Waals surface area contributed by atoms with Crippen molar-refractivity contribution in [2.45, 2.75) is 31.7 Å². The number of carbonyl (C=O) groups is 1. The molecule has 1 saturated heterocycles. The molecule has 1 aliphatic heterocycles. The number of rotatable bonds is 6. The highest BCUT2D eigenvalue weighted by Gasteiger charge is 2.29. The van der Waals surface area contributed by atoms with Crippen molar-refractivity contribution >= 4 is 27.3 Å². The van der Waals surface area contributed by atoms with Crippen LogP contribution in [0.2, 0.25) is 0 Å². The van der Waals surface area contributed by atoms with Gasteiger partial charge >= 0.3 is 0 Å². The van der Waals surface area contributed by atoms with Crippen LogP contribution >= 0.6 is 11.3 Å². The summed E-state index contributed by atoms with van der Waals surface area (Å²) in [5.74, 6) is -0.125. The molecule has 124 valence electrons. The van der Waals surface area contributed by atoms with Crippen LogP contribution in [0.4, 0.5) is 0 Å². The predicted molar refractivity (Wildman–Crippen MR) is 86.4 cm³/mol. The first-order valence-corrected chi connectivity index (χ1v) is 10.1. The van der Waals surface area contributed by atoms with Crippen LogP contribution in [0.5, 0.6) is 0 Å². The molecule has 3 N–H and O–H groups in total. The highest BCUT2D eigenvalue weighted by atomic mass is 32.2. The van der Waals surface area contributed by atoms with Crippen molar-refractivity contribution in [1.29, 1.82) is 0 Å². The van der Waals surface area contributed by atoms with Crippen LogP contribution < -0.4 is 10.5 Å². The van der Waals surface area contributed by atoms with Crippen molar-refractivity contribution in [3.63, 3.8) is 0 Å². The van der Waals surface area contributed by atoms with Gasteiger partial charge in [0, 0.05) is 30.9 Å². The molecule has 1 unspecified atom stereocenters. The summed E-state index contributed by atoms with van der Waals surface area (Å²) in [5, 5.41) is 2.61. The Morgan fingerprint density at radius 1 is 1.55 bits per heavy atom. The molecule has 1 aromatic heterocycles. The quantitative estimate of drug-likeness (QED) is 0.765. The zero-order chi connectivity index (χ0) is 16.2. The molecule has 0 radical (unpaired) electrons. The van der Waals surface area contributed by atoms with Crippen molar-refractivity contribution in [2.24, 2.45) is 5.73 Å². The van der Waals surface area contributed by atoms with Crippen molar-refractivity contribution in [1.82, 2.24) is 14.6 Å². The molecule has 0 aromatic carbocycles. The molecule has 1 atom stereocenters. The van der Waals surface area contributed by atoms with E-state index < -0.39 is 10.0 Å². The van der Waals surface area contributed by atoms with E-state index >= 15 is 0 Å². The van der Waals surface area contributed by atoms with E-state index in [0.717, 1.165) is 30.5 Å². The van der Waals surface area contributed by atoms with Gasteiger partial charge in [0.25, 0.3) is 5.91 Å². The number of likely N-dealkylation sites (tertiary alicyclic amines) is 1. The number of carbonyl (C=O) groups excluding carboxylic acids is 1. The fourth-order valence-electron chi connectivity index (χ4n) is 2.52. The normalized spacial score (nSPS) is 19.4. The van der Waals surface area contributed by atoms with Gasteiger partial charge in [0.05, 0.1) is 11.3 Å². The molecule has 7 nitrogen and oxygen atoms in total. The Labute approximate surface area is 135 Å². The fraction of sp³-hybridized carbons (Fsp3) is 0.692. The maximum Gasteiger partial charge on any atom is 0.273 e. The van der Waals surface area contributed by atoms with Crippen molar-refractivity contribution < 1.29 is 13.2 Å². The number of aromatic nitrogens is 1. The van der Waals surface area contributed by atoms with Crippen LogP contribution in [0.1, 0.15) is 34.8 Å². The molecule has 0 aliphatic carbocycles. The fourth-order valence-corrected chi connectivity index (χ4v) is 3.81. The Morgan fingerprint density at radius 3 is 3.00 bits per heavy atom.